The van der Waals surface area contributed by atoms with Crippen LogP contribution in [0.5, 0.6) is 0 Å². The second-order valence-electron chi connectivity index (χ2n) is 7.84. The number of hydrogen-bond donors (Lipinski definition) is 2. The molecule has 2 aromatic rings. The van der Waals surface area contributed by atoms with E-state index in [1.807, 2.05) is 79.6 Å². The molecule has 2 aliphatic heterocycles. The maximum atomic E-state index is 13.6. The van der Waals surface area contributed by atoms with E-state index < -0.39 is 6.04 Å². The summed E-state index contributed by atoms with van der Waals surface area (Å²) < 4.78 is 0. The molecular weight excluding hydrogens is 456 g/mol. The normalized spacial score (nSPS) is 17.3. The van der Waals surface area contributed by atoms with Crippen LogP contribution in [-0.2, 0) is 9.59 Å². The number of rotatable bonds is 6. The minimum absolute atomic E-state index is 0.0716. The molecule has 2 heterocycles. The third kappa shape index (κ3) is 4.84. The highest BCUT2D eigenvalue weighted by Gasteiger charge is 2.40. The van der Waals surface area contributed by atoms with Gasteiger partial charge in [-0.15, -0.1) is 0 Å². The van der Waals surface area contributed by atoms with Crippen molar-refractivity contribution in [2.24, 2.45) is 4.99 Å². The Kier molecular flexibility index (Phi) is 6.91. The first kappa shape index (κ1) is 23.1. The highest BCUT2D eigenvalue weighted by Crippen LogP contribution is 2.45. The second-order valence-corrected chi connectivity index (χ2v) is 9.12. The summed E-state index contributed by atoms with van der Waals surface area (Å²) >= 11 is 7.61. The zero-order valence-corrected chi connectivity index (χ0v) is 20.3. The summed E-state index contributed by atoms with van der Waals surface area (Å²) in [6, 6.07) is 14.7. The highest BCUT2D eigenvalue weighted by atomic mass is 35.5. The molecule has 1 unspecified atom stereocenters. The molecule has 4 rings (SSSR count). The molecule has 1 atom stereocenters. The van der Waals surface area contributed by atoms with E-state index in [2.05, 4.69) is 10.6 Å². The molecule has 2 aromatic carbocycles. The summed E-state index contributed by atoms with van der Waals surface area (Å²) in [6.07, 6.45) is 0.204. The standard InChI is InChI=1S/C25H25ClN4O2S/c1-4-27-21(31)13-19-14-33-25-28-16(3)22(24(32)29-20-8-6-5-7-15(20)2)23(30(19)25)17-9-11-18(26)12-10-17/h5-12,14,23H,4,13H2,1-3H3,(H,27,31)(H,29,32). The SMILES string of the molecule is CCNC(=O)CC1=CSC2=NC(C)=C(C(=O)Nc3ccccc3C)C(c3ccc(Cl)cc3)N12. The number of benzene rings is 2. The van der Waals surface area contributed by atoms with E-state index in [0.717, 1.165) is 27.7 Å². The predicted molar refractivity (Wildman–Crippen MR) is 135 cm³/mol. The number of aryl methyl sites for hydroxylation is 1. The number of aliphatic imine (C=N–C) groups is 1. The van der Waals surface area contributed by atoms with Crippen molar-refractivity contribution >= 4 is 46.0 Å². The first-order valence-electron chi connectivity index (χ1n) is 10.7. The van der Waals surface area contributed by atoms with Gasteiger partial charge in [0, 0.05) is 23.0 Å². The lowest BCUT2D eigenvalue weighted by atomic mass is 9.93. The van der Waals surface area contributed by atoms with Crippen LogP contribution in [0.15, 0.2) is 75.9 Å². The van der Waals surface area contributed by atoms with Gasteiger partial charge in [0.25, 0.3) is 5.91 Å². The number of nitrogens with zero attached hydrogens (tertiary/aromatic N) is 2. The van der Waals surface area contributed by atoms with Gasteiger partial charge in [0.05, 0.1) is 23.7 Å². The molecular formula is C25H25ClN4O2S. The van der Waals surface area contributed by atoms with Crippen LogP contribution in [0.4, 0.5) is 5.69 Å². The van der Waals surface area contributed by atoms with Crippen molar-refractivity contribution in [3.63, 3.8) is 0 Å². The van der Waals surface area contributed by atoms with E-state index >= 15 is 0 Å². The number of para-hydroxylation sites is 1. The molecule has 2 amide bonds. The fourth-order valence-electron chi connectivity index (χ4n) is 3.95. The van der Waals surface area contributed by atoms with Gasteiger partial charge >= 0.3 is 0 Å². The van der Waals surface area contributed by atoms with Crippen molar-refractivity contribution in [2.45, 2.75) is 33.2 Å². The number of amidine groups is 1. The number of nitrogens with one attached hydrogen (secondary N) is 2. The van der Waals surface area contributed by atoms with Crippen LogP contribution in [0.3, 0.4) is 0 Å². The molecule has 0 fully saturated rings. The predicted octanol–water partition coefficient (Wildman–Crippen LogP) is 5.39. The van der Waals surface area contributed by atoms with Crippen LogP contribution in [0.1, 0.15) is 37.4 Å². The number of hydrogen-bond acceptors (Lipinski definition) is 5. The molecule has 0 saturated heterocycles. The van der Waals surface area contributed by atoms with E-state index in [1.54, 1.807) is 0 Å². The van der Waals surface area contributed by atoms with E-state index in [4.69, 9.17) is 16.6 Å². The number of carbonyl (C=O) groups is 2. The summed E-state index contributed by atoms with van der Waals surface area (Å²) in [5.74, 6) is -0.295. The topological polar surface area (TPSA) is 73.8 Å². The molecule has 0 saturated carbocycles. The lowest BCUT2D eigenvalue weighted by molar-refractivity contribution is -0.120. The van der Waals surface area contributed by atoms with Crippen molar-refractivity contribution in [3.8, 4) is 0 Å². The number of carbonyl (C=O) groups excluding carboxylic acids is 2. The Bertz CT molecular complexity index is 1190. The Morgan fingerprint density at radius 3 is 2.55 bits per heavy atom. The van der Waals surface area contributed by atoms with Crippen LogP contribution in [0, 0.1) is 6.92 Å². The molecule has 0 aliphatic carbocycles. The first-order chi connectivity index (χ1) is 15.9. The van der Waals surface area contributed by atoms with E-state index in [9.17, 15) is 9.59 Å². The summed E-state index contributed by atoms with van der Waals surface area (Å²) in [5.41, 5.74) is 4.60. The van der Waals surface area contributed by atoms with Gasteiger partial charge < -0.3 is 15.5 Å². The maximum Gasteiger partial charge on any atom is 0.255 e. The minimum Gasteiger partial charge on any atom is -0.356 e. The van der Waals surface area contributed by atoms with Crippen molar-refractivity contribution in [1.29, 1.82) is 0 Å². The fourth-order valence-corrected chi connectivity index (χ4v) is 5.04. The smallest absolute Gasteiger partial charge is 0.255 e. The second kappa shape index (κ2) is 9.85. The van der Waals surface area contributed by atoms with Gasteiger partial charge in [-0.05, 0) is 55.5 Å². The Labute approximate surface area is 202 Å². The molecule has 170 valence electrons. The van der Waals surface area contributed by atoms with Gasteiger partial charge in [0.1, 0.15) is 0 Å². The Morgan fingerprint density at radius 1 is 1.12 bits per heavy atom. The Morgan fingerprint density at radius 2 is 1.85 bits per heavy atom. The first-order valence-corrected chi connectivity index (χ1v) is 12.0. The lowest BCUT2D eigenvalue weighted by Gasteiger charge is -2.36. The van der Waals surface area contributed by atoms with E-state index in [-0.39, 0.29) is 18.2 Å². The monoisotopic (exact) mass is 480 g/mol. The van der Waals surface area contributed by atoms with Crippen LogP contribution >= 0.6 is 23.4 Å². The van der Waals surface area contributed by atoms with Crippen molar-refractivity contribution in [2.75, 3.05) is 11.9 Å². The number of thioether (sulfide) groups is 1. The van der Waals surface area contributed by atoms with Crippen LogP contribution in [-0.4, -0.2) is 28.4 Å². The number of fused-ring (bicyclic) bond motifs is 1. The van der Waals surface area contributed by atoms with Crippen LogP contribution in [0.25, 0.3) is 0 Å². The lowest BCUT2D eigenvalue weighted by Crippen LogP contribution is -2.38. The molecule has 8 heteroatoms. The van der Waals surface area contributed by atoms with Crippen LogP contribution < -0.4 is 10.6 Å². The molecule has 0 radical (unpaired) electrons. The van der Waals surface area contributed by atoms with E-state index in [1.165, 1.54) is 11.8 Å². The van der Waals surface area contributed by atoms with Gasteiger partial charge in [-0.1, -0.05) is 53.7 Å². The molecule has 0 spiro atoms. The highest BCUT2D eigenvalue weighted by molar-refractivity contribution is 8.16. The number of allylic oxidation sites excluding steroid dienone is 1. The van der Waals surface area contributed by atoms with Gasteiger partial charge in [0.15, 0.2) is 5.17 Å². The summed E-state index contributed by atoms with van der Waals surface area (Å²) in [4.78, 5) is 32.7. The third-order valence-corrected chi connectivity index (χ3v) is 6.68. The van der Waals surface area contributed by atoms with Crippen LogP contribution in [0.2, 0.25) is 5.02 Å². The van der Waals surface area contributed by atoms with Gasteiger partial charge in [-0.2, -0.15) is 0 Å². The quantitative estimate of drug-likeness (QED) is 0.581. The van der Waals surface area contributed by atoms with Gasteiger partial charge in [-0.3, -0.25) is 9.59 Å². The van der Waals surface area contributed by atoms with Gasteiger partial charge in [0.2, 0.25) is 5.91 Å². The molecule has 0 bridgehead atoms. The molecule has 2 aliphatic rings. The summed E-state index contributed by atoms with van der Waals surface area (Å²) in [5, 5.41) is 9.20. The zero-order valence-electron chi connectivity index (χ0n) is 18.7. The van der Waals surface area contributed by atoms with Crippen molar-refractivity contribution < 1.29 is 9.59 Å². The number of amides is 2. The average Bonchev–Trinajstić information content (AvgIpc) is 3.17. The molecule has 6 nitrogen and oxygen atoms in total. The average molecular weight is 481 g/mol. The number of anilines is 1. The molecule has 33 heavy (non-hydrogen) atoms. The van der Waals surface area contributed by atoms with Crippen molar-refractivity contribution in [1.82, 2.24) is 10.2 Å². The summed E-state index contributed by atoms with van der Waals surface area (Å²) in [6.45, 7) is 6.25. The summed E-state index contributed by atoms with van der Waals surface area (Å²) in [7, 11) is 0. The maximum absolute atomic E-state index is 13.6. The van der Waals surface area contributed by atoms with E-state index in [0.29, 0.717) is 22.8 Å². The molecule has 0 aromatic heterocycles. The molecule has 2 N–H and O–H groups in total. The third-order valence-electron chi connectivity index (χ3n) is 5.54. The Hall–Kier alpha value is -3.03. The largest absolute Gasteiger partial charge is 0.356 e. The minimum atomic E-state index is -0.436. The van der Waals surface area contributed by atoms with Gasteiger partial charge in [-0.25, -0.2) is 4.99 Å². The number of halogens is 1. The Balaban J connectivity index is 1.75. The zero-order chi connectivity index (χ0) is 23.5. The van der Waals surface area contributed by atoms with Crippen molar-refractivity contribution in [3.05, 3.63) is 87.1 Å². The fraction of sp³-hybridized carbons (Fsp3) is 0.240.